The molecule has 2 aromatic carbocycles. The van der Waals surface area contributed by atoms with Gasteiger partial charge in [-0.3, -0.25) is 0 Å². The summed E-state index contributed by atoms with van der Waals surface area (Å²) in [6.07, 6.45) is -10.7. The summed E-state index contributed by atoms with van der Waals surface area (Å²) in [5.41, 5.74) is 4.90. The maximum absolute atomic E-state index is 13.2. The number of sulfone groups is 1. The summed E-state index contributed by atoms with van der Waals surface area (Å²) >= 11 is 0. The minimum absolute atomic E-state index is 0.0212. The lowest BCUT2D eigenvalue weighted by Gasteiger charge is -2.18. The second-order valence-electron chi connectivity index (χ2n) is 5.31. The standard InChI is InChI=1S/C14H10F6N2O4S/c15-13(16,17)5-1-7(21)10(24)4-12(5)27(25,26)11-3-8(22)9(23)2-6(11)14(18,19)20/h1-4,23-24H,21-22H2. The van der Waals surface area contributed by atoms with Gasteiger partial charge in [0.15, 0.2) is 0 Å². The highest BCUT2D eigenvalue weighted by molar-refractivity contribution is 7.91. The fourth-order valence-corrected chi connectivity index (χ4v) is 3.89. The van der Waals surface area contributed by atoms with E-state index in [4.69, 9.17) is 11.5 Å². The Morgan fingerprint density at radius 1 is 0.704 bits per heavy atom. The van der Waals surface area contributed by atoms with E-state index in [-0.39, 0.29) is 24.3 Å². The van der Waals surface area contributed by atoms with Gasteiger partial charge in [-0.25, -0.2) is 8.42 Å². The predicted octanol–water partition coefficient (Wildman–Crippen LogP) is 3.13. The summed E-state index contributed by atoms with van der Waals surface area (Å²) < 4.78 is 104. The van der Waals surface area contributed by atoms with Crippen molar-refractivity contribution in [3.63, 3.8) is 0 Å². The molecule has 0 radical (unpaired) electrons. The van der Waals surface area contributed by atoms with Gasteiger partial charge in [0, 0.05) is 6.07 Å². The van der Waals surface area contributed by atoms with Crippen LogP contribution in [0.15, 0.2) is 34.1 Å². The number of hydrogen-bond donors (Lipinski definition) is 4. The van der Waals surface area contributed by atoms with Gasteiger partial charge in [-0.1, -0.05) is 0 Å². The highest BCUT2D eigenvalue weighted by Crippen LogP contribution is 2.44. The molecule has 2 rings (SSSR count). The molecule has 0 saturated carbocycles. The number of anilines is 2. The lowest BCUT2D eigenvalue weighted by atomic mass is 10.1. The number of hydrogen-bond acceptors (Lipinski definition) is 6. The van der Waals surface area contributed by atoms with Crippen LogP contribution in [0, 0.1) is 0 Å². The third kappa shape index (κ3) is 3.67. The summed E-state index contributed by atoms with van der Waals surface area (Å²) in [6, 6.07) is 0.337. The Morgan fingerprint density at radius 3 is 1.56 bits per heavy atom. The molecule has 0 saturated heterocycles. The first-order valence-corrected chi connectivity index (χ1v) is 8.19. The zero-order valence-corrected chi connectivity index (χ0v) is 13.7. The van der Waals surface area contributed by atoms with Crippen molar-refractivity contribution >= 4 is 21.2 Å². The smallest absolute Gasteiger partial charge is 0.417 e. The summed E-state index contributed by atoms with van der Waals surface area (Å²) in [5.74, 6) is -2.20. The van der Waals surface area contributed by atoms with Crippen LogP contribution in [-0.4, -0.2) is 18.6 Å². The first-order valence-electron chi connectivity index (χ1n) is 6.71. The van der Waals surface area contributed by atoms with Crippen molar-refractivity contribution in [1.82, 2.24) is 0 Å². The average Bonchev–Trinajstić information content (AvgIpc) is 2.49. The second-order valence-corrected chi connectivity index (χ2v) is 7.20. The lowest BCUT2D eigenvalue weighted by molar-refractivity contribution is -0.140. The van der Waals surface area contributed by atoms with Crippen molar-refractivity contribution in [2.45, 2.75) is 22.1 Å². The fourth-order valence-electron chi connectivity index (χ4n) is 2.18. The van der Waals surface area contributed by atoms with E-state index in [9.17, 15) is 45.0 Å². The van der Waals surface area contributed by atoms with E-state index >= 15 is 0 Å². The highest BCUT2D eigenvalue weighted by atomic mass is 32.2. The Labute approximate surface area is 147 Å². The average molecular weight is 416 g/mol. The number of nitrogen functional groups attached to an aromatic ring is 2. The summed E-state index contributed by atoms with van der Waals surface area (Å²) in [5, 5.41) is 18.8. The van der Waals surface area contributed by atoms with Crippen LogP contribution >= 0.6 is 0 Å². The molecule has 2 aromatic rings. The first-order chi connectivity index (χ1) is 12.1. The van der Waals surface area contributed by atoms with Crippen molar-refractivity contribution in [3.05, 3.63) is 35.4 Å². The fraction of sp³-hybridized carbons (Fsp3) is 0.143. The maximum atomic E-state index is 13.2. The van der Waals surface area contributed by atoms with E-state index in [0.29, 0.717) is 0 Å². The van der Waals surface area contributed by atoms with Crippen molar-refractivity contribution in [2.24, 2.45) is 0 Å². The van der Waals surface area contributed by atoms with Crippen molar-refractivity contribution in [2.75, 3.05) is 11.5 Å². The van der Waals surface area contributed by atoms with Gasteiger partial charge >= 0.3 is 12.4 Å². The third-order valence-corrected chi connectivity index (χ3v) is 5.28. The summed E-state index contributed by atoms with van der Waals surface area (Å²) in [6.45, 7) is 0. The zero-order chi connectivity index (χ0) is 20.9. The maximum Gasteiger partial charge on any atom is 0.417 e. The largest absolute Gasteiger partial charge is 0.506 e. The number of benzene rings is 2. The van der Waals surface area contributed by atoms with E-state index < -0.39 is 66.0 Å². The van der Waals surface area contributed by atoms with Gasteiger partial charge in [0.25, 0.3) is 0 Å². The van der Waals surface area contributed by atoms with Gasteiger partial charge < -0.3 is 21.7 Å². The zero-order valence-electron chi connectivity index (χ0n) is 12.9. The Morgan fingerprint density at radius 2 is 1.07 bits per heavy atom. The molecule has 0 aliphatic rings. The molecular weight excluding hydrogens is 406 g/mol. The van der Waals surface area contributed by atoms with Crippen LogP contribution in [0.3, 0.4) is 0 Å². The Bertz CT molecular complexity index is 940. The van der Waals surface area contributed by atoms with Gasteiger partial charge in [0.1, 0.15) is 11.5 Å². The highest BCUT2D eigenvalue weighted by Gasteiger charge is 2.43. The van der Waals surface area contributed by atoms with Crippen LogP contribution in [0.2, 0.25) is 0 Å². The number of aromatic hydroxyl groups is 2. The Balaban J connectivity index is 2.94. The van der Waals surface area contributed by atoms with E-state index in [2.05, 4.69) is 0 Å². The van der Waals surface area contributed by atoms with Crippen LogP contribution < -0.4 is 11.5 Å². The predicted molar refractivity (Wildman–Crippen MR) is 80.5 cm³/mol. The van der Waals surface area contributed by atoms with Crippen molar-refractivity contribution < 1.29 is 45.0 Å². The molecule has 6 nitrogen and oxygen atoms in total. The normalized spacial score (nSPS) is 13.0. The van der Waals surface area contributed by atoms with Gasteiger partial charge in [-0.15, -0.1) is 0 Å². The molecule has 0 amide bonds. The summed E-state index contributed by atoms with van der Waals surface area (Å²) in [4.78, 5) is -3.28. The van der Waals surface area contributed by atoms with Gasteiger partial charge in [0.05, 0.1) is 32.3 Å². The molecule has 0 fully saturated rings. The molecule has 0 unspecified atom stereocenters. The molecule has 0 aliphatic carbocycles. The van der Waals surface area contributed by atoms with Crippen molar-refractivity contribution in [3.8, 4) is 11.5 Å². The second kappa shape index (κ2) is 6.11. The first kappa shape index (κ1) is 20.5. The van der Waals surface area contributed by atoms with Crippen LogP contribution in [0.25, 0.3) is 0 Å². The number of alkyl halides is 6. The Hall–Kier alpha value is -2.83. The van der Waals surface area contributed by atoms with Crippen LogP contribution in [-0.2, 0) is 22.2 Å². The van der Waals surface area contributed by atoms with E-state index in [1.54, 1.807) is 0 Å². The molecule has 0 spiro atoms. The number of phenols is 2. The number of halogens is 6. The van der Waals surface area contributed by atoms with Crippen LogP contribution in [0.4, 0.5) is 37.7 Å². The molecule has 148 valence electrons. The minimum atomic E-state index is -5.49. The Kier molecular flexibility index (Phi) is 4.64. The quantitative estimate of drug-likeness (QED) is 0.339. The molecule has 27 heavy (non-hydrogen) atoms. The van der Waals surface area contributed by atoms with Crippen LogP contribution in [0.5, 0.6) is 11.5 Å². The van der Waals surface area contributed by atoms with Gasteiger partial charge in [-0.2, -0.15) is 26.3 Å². The lowest BCUT2D eigenvalue weighted by Crippen LogP contribution is -2.18. The molecular formula is C14H10F6N2O4S. The molecule has 0 bridgehead atoms. The SMILES string of the molecule is Nc1cc(S(=O)(=O)c2cc(O)c(N)cc2C(F)(F)F)c(C(F)(F)F)cc1O. The molecule has 13 heteroatoms. The van der Waals surface area contributed by atoms with Crippen LogP contribution in [0.1, 0.15) is 11.1 Å². The topological polar surface area (TPSA) is 127 Å². The van der Waals surface area contributed by atoms with Gasteiger partial charge in [0.2, 0.25) is 9.84 Å². The van der Waals surface area contributed by atoms with Crippen molar-refractivity contribution in [1.29, 1.82) is 0 Å². The van der Waals surface area contributed by atoms with E-state index in [1.807, 2.05) is 0 Å². The monoisotopic (exact) mass is 416 g/mol. The summed E-state index contributed by atoms with van der Waals surface area (Å²) in [7, 11) is -5.49. The van der Waals surface area contributed by atoms with Gasteiger partial charge in [-0.05, 0) is 18.2 Å². The number of rotatable bonds is 2. The van der Waals surface area contributed by atoms with E-state index in [1.165, 1.54) is 0 Å². The minimum Gasteiger partial charge on any atom is -0.506 e. The number of nitrogens with two attached hydrogens (primary N) is 2. The molecule has 6 N–H and O–H groups in total. The molecule has 0 aromatic heterocycles. The molecule has 0 heterocycles. The molecule has 0 atom stereocenters. The van der Waals surface area contributed by atoms with E-state index in [0.717, 1.165) is 0 Å². The molecule has 0 aliphatic heterocycles. The number of phenolic OH excluding ortho intramolecular Hbond substituents is 2. The third-order valence-electron chi connectivity index (χ3n) is 3.45.